The van der Waals surface area contributed by atoms with E-state index in [1.165, 1.54) is 0 Å². The third kappa shape index (κ3) is 2.35. The van der Waals surface area contributed by atoms with Crippen LogP contribution < -0.4 is 0 Å². The number of amides is 2. The molecule has 1 saturated heterocycles. The smallest absolute Gasteiger partial charge is 0.320 e. The van der Waals surface area contributed by atoms with Crippen molar-refractivity contribution in [3.05, 3.63) is 18.2 Å². The highest BCUT2D eigenvalue weighted by Crippen LogP contribution is 2.20. The van der Waals surface area contributed by atoms with E-state index in [-0.39, 0.29) is 6.03 Å². The van der Waals surface area contributed by atoms with E-state index in [0.29, 0.717) is 32.6 Å². The molecule has 1 N–H and O–H groups in total. The van der Waals surface area contributed by atoms with E-state index in [0.717, 1.165) is 18.8 Å². The van der Waals surface area contributed by atoms with Gasteiger partial charge in [-0.25, -0.2) is 9.78 Å². The molecule has 0 aromatic carbocycles. The summed E-state index contributed by atoms with van der Waals surface area (Å²) >= 11 is 0. The summed E-state index contributed by atoms with van der Waals surface area (Å²) in [5, 5.41) is 9.09. The molecule has 7 heteroatoms. The minimum Gasteiger partial charge on any atom is -0.481 e. The van der Waals surface area contributed by atoms with Gasteiger partial charge in [0.2, 0.25) is 0 Å². The molecule has 3 heterocycles. The summed E-state index contributed by atoms with van der Waals surface area (Å²) in [7, 11) is 0. The molecule has 7 nitrogen and oxygen atoms in total. The highest BCUT2D eigenvalue weighted by Gasteiger charge is 2.31. The molecular weight excluding hydrogens is 260 g/mol. The van der Waals surface area contributed by atoms with E-state index in [4.69, 9.17) is 5.11 Å². The van der Waals surface area contributed by atoms with Gasteiger partial charge in [-0.05, 0) is 12.8 Å². The highest BCUT2D eigenvalue weighted by molar-refractivity contribution is 5.76. The van der Waals surface area contributed by atoms with E-state index in [9.17, 15) is 9.59 Å². The quantitative estimate of drug-likeness (QED) is 0.816. The fraction of sp³-hybridized carbons (Fsp3) is 0.615. The Balaban J connectivity index is 1.66. The molecule has 2 aliphatic heterocycles. The lowest BCUT2D eigenvalue weighted by atomic mass is 9.98. The van der Waals surface area contributed by atoms with E-state index in [1.54, 1.807) is 16.0 Å². The second kappa shape index (κ2) is 5.15. The van der Waals surface area contributed by atoms with E-state index >= 15 is 0 Å². The average molecular weight is 278 g/mol. The van der Waals surface area contributed by atoms with Crippen molar-refractivity contribution in [2.45, 2.75) is 25.9 Å². The Hall–Kier alpha value is -2.05. The van der Waals surface area contributed by atoms with Crippen LogP contribution in [0.15, 0.2) is 12.4 Å². The van der Waals surface area contributed by atoms with Gasteiger partial charge in [0.05, 0.1) is 12.5 Å². The number of likely N-dealkylation sites (tertiary alicyclic amines) is 1. The maximum atomic E-state index is 12.5. The third-order valence-corrected chi connectivity index (χ3v) is 4.06. The van der Waals surface area contributed by atoms with Crippen molar-refractivity contribution in [2.75, 3.05) is 19.6 Å². The minimum atomic E-state index is -0.809. The number of aromatic nitrogens is 2. The molecule has 1 aromatic heterocycles. The number of hydrogen-bond acceptors (Lipinski definition) is 3. The van der Waals surface area contributed by atoms with Gasteiger partial charge in [-0.2, -0.15) is 0 Å². The first-order valence-corrected chi connectivity index (χ1v) is 6.92. The number of piperidine rings is 1. The summed E-state index contributed by atoms with van der Waals surface area (Å²) in [5.74, 6) is -0.354. The Morgan fingerprint density at radius 2 is 2.10 bits per heavy atom. The van der Waals surface area contributed by atoms with Crippen LogP contribution in [0.3, 0.4) is 0 Å². The van der Waals surface area contributed by atoms with Crippen LogP contribution >= 0.6 is 0 Å². The van der Waals surface area contributed by atoms with Gasteiger partial charge in [0.25, 0.3) is 0 Å². The predicted molar refractivity (Wildman–Crippen MR) is 70.0 cm³/mol. The van der Waals surface area contributed by atoms with Gasteiger partial charge in [0.15, 0.2) is 0 Å². The minimum absolute atomic E-state index is 0.0646. The SMILES string of the molecule is O=C(O)[C@H]1CCCN(C(=O)N2CCn3ccnc3C2)C1. The monoisotopic (exact) mass is 278 g/mol. The van der Waals surface area contributed by atoms with Crippen LogP contribution in [0.4, 0.5) is 4.79 Å². The number of fused-ring (bicyclic) bond motifs is 1. The number of carbonyl (C=O) groups excluding carboxylic acids is 1. The van der Waals surface area contributed by atoms with E-state index in [1.807, 2.05) is 10.8 Å². The second-order valence-electron chi connectivity index (χ2n) is 5.36. The second-order valence-corrected chi connectivity index (χ2v) is 5.36. The molecule has 0 spiro atoms. The molecule has 0 unspecified atom stereocenters. The van der Waals surface area contributed by atoms with Crippen LogP contribution in [0.2, 0.25) is 0 Å². The highest BCUT2D eigenvalue weighted by atomic mass is 16.4. The molecule has 0 radical (unpaired) electrons. The van der Waals surface area contributed by atoms with Gasteiger partial charge in [0.1, 0.15) is 5.82 Å². The summed E-state index contributed by atoms with van der Waals surface area (Å²) in [6.45, 7) is 2.86. The van der Waals surface area contributed by atoms with Gasteiger partial charge < -0.3 is 19.5 Å². The summed E-state index contributed by atoms with van der Waals surface area (Å²) in [6.07, 6.45) is 5.07. The van der Waals surface area contributed by atoms with Gasteiger partial charge >= 0.3 is 12.0 Å². The first-order valence-electron chi connectivity index (χ1n) is 6.92. The van der Waals surface area contributed by atoms with Crippen molar-refractivity contribution in [3.63, 3.8) is 0 Å². The number of aliphatic carboxylic acids is 1. The molecule has 3 rings (SSSR count). The lowest BCUT2D eigenvalue weighted by Gasteiger charge is -2.36. The standard InChI is InChI=1S/C13H18N4O3/c18-12(19)10-2-1-4-16(8-10)13(20)17-7-6-15-5-3-14-11(15)9-17/h3,5,10H,1-2,4,6-9H2,(H,18,19)/t10-/m0/s1. The Morgan fingerprint density at radius 1 is 1.25 bits per heavy atom. The number of rotatable bonds is 1. The Kier molecular flexibility index (Phi) is 3.33. The Labute approximate surface area is 116 Å². The maximum absolute atomic E-state index is 12.5. The molecule has 108 valence electrons. The van der Waals surface area contributed by atoms with E-state index in [2.05, 4.69) is 4.98 Å². The molecule has 0 aliphatic carbocycles. The van der Waals surface area contributed by atoms with Crippen molar-refractivity contribution >= 4 is 12.0 Å². The first kappa shape index (κ1) is 13.0. The molecule has 0 saturated carbocycles. The number of nitrogens with zero attached hydrogens (tertiary/aromatic N) is 4. The number of carboxylic acid groups (broad SMARTS) is 1. The third-order valence-electron chi connectivity index (χ3n) is 4.06. The Bertz CT molecular complexity index is 527. The van der Waals surface area contributed by atoms with Gasteiger partial charge in [-0.3, -0.25) is 4.79 Å². The molecule has 2 aliphatic rings. The topological polar surface area (TPSA) is 78.7 Å². The zero-order chi connectivity index (χ0) is 14.1. The molecule has 1 aromatic rings. The number of carbonyl (C=O) groups is 2. The first-order chi connectivity index (χ1) is 9.65. The maximum Gasteiger partial charge on any atom is 0.320 e. The zero-order valence-corrected chi connectivity index (χ0v) is 11.2. The number of carboxylic acids is 1. The van der Waals surface area contributed by atoms with Crippen molar-refractivity contribution < 1.29 is 14.7 Å². The van der Waals surface area contributed by atoms with Crippen molar-refractivity contribution in [2.24, 2.45) is 5.92 Å². The molecule has 1 atom stereocenters. The largest absolute Gasteiger partial charge is 0.481 e. The van der Waals surface area contributed by atoms with E-state index < -0.39 is 11.9 Å². The fourth-order valence-electron chi connectivity index (χ4n) is 2.89. The van der Waals surface area contributed by atoms with Gasteiger partial charge in [-0.1, -0.05) is 0 Å². The number of urea groups is 1. The van der Waals surface area contributed by atoms with Crippen LogP contribution in [0.1, 0.15) is 18.7 Å². The summed E-state index contributed by atoms with van der Waals surface area (Å²) in [5.41, 5.74) is 0. The van der Waals surface area contributed by atoms with Gasteiger partial charge in [-0.15, -0.1) is 0 Å². The Morgan fingerprint density at radius 3 is 2.90 bits per heavy atom. The fourth-order valence-corrected chi connectivity index (χ4v) is 2.89. The summed E-state index contributed by atoms with van der Waals surface area (Å²) in [4.78, 5) is 31.2. The molecular formula is C13H18N4O3. The average Bonchev–Trinajstić information content (AvgIpc) is 2.94. The van der Waals surface area contributed by atoms with Crippen LogP contribution in [-0.4, -0.2) is 56.1 Å². The van der Waals surface area contributed by atoms with Gasteiger partial charge in [0, 0.05) is 38.6 Å². The molecule has 2 amide bonds. The van der Waals surface area contributed by atoms with Crippen molar-refractivity contribution in [1.29, 1.82) is 0 Å². The summed E-state index contributed by atoms with van der Waals surface area (Å²) < 4.78 is 2.04. The molecule has 0 bridgehead atoms. The summed E-state index contributed by atoms with van der Waals surface area (Å²) in [6, 6.07) is -0.0646. The van der Waals surface area contributed by atoms with Crippen molar-refractivity contribution in [1.82, 2.24) is 19.4 Å². The van der Waals surface area contributed by atoms with Crippen LogP contribution in [0.5, 0.6) is 0 Å². The lowest BCUT2D eigenvalue weighted by molar-refractivity contribution is -0.143. The van der Waals surface area contributed by atoms with Crippen molar-refractivity contribution in [3.8, 4) is 0 Å². The van der Waals surface area contributed by atoms with Crippen LogP contribution in [0, 0.1) is 5.92 Å². The van der Waals surface area contributed by atoms with Crippen LogP contribution in [-0.2, 0) is 17.9 Å². The zero-order valence-electron chi connectivity index (χ0n) is 11.2. The predicted octanol–water partition coefficient (Wildman–Crippen LogP) is 0.615. The lowest BCUT2D eigenvalue weighted by Crippen LogP contribution is -2.50. The normalized spacial score (nSPS) is 22.5. The molecule has 1 fully saturated rings. The number of imidazole rings is 1. The molecule has 20 heavy (non-hydrogen) atoms. The number of hydrogen-bond donors (Lipinski definition) is 1. The van der Waals surface area contributed by atoms with Crippen LogP contribution in [0.25, 0.3) is 0 Å².